The summed E-state index contributed by atoms with van der Waals surface area (Å²) in [5.41, 5.74) is 1.15. The summed E-state index contributed by atoms with van der Waals surface area (Å²) in [7, 11) is 1.69. The molecule has 2 fully saturated rings. The first-order chi connectivity index (χ1) is 11.8. The number of rotatable bonds is 6. The average molecular weight is 331 g/mol. The smallest absolute Gasteiger partial charge is 0.275 e. The van der Waals surface area contributed by atoms with Gasteiger partial charge in [0.15, 0.2) is 6.54 Å². The first-order valence-electron chi connectivity index (χ1n) is 9.51. The van der Waals surface area contributed by atoms with E-state index in [0.29, 0.717) is 13.1 Å². The van der Waals surface area contributed by atoms with Crippen molar-refractivity contribution in [3.8, 4) is 5.75 Å². The minimum Gasteiger partial charge on any atom is -0.496 e. The lowest BCUT2D eigenvalue weighted by atomic mass is 9.78. The Morgan fingerprint density at radius 3 is 2.88 bits per heavy atom. The molecule has 1 saturated heterocycles. The highest BCUT2D eigenvalue weighted by molar-refractivity contribution is 5.76. The number of hydrogen-bond donors (Lipinski definition) is 2. The number of methoxy groups -OCH3 is 1. The van der Waals surface area contributed by atoms with E-state index in [-0.39, 0.29) is 5.91 Å². The molecular weight excluding hydrogens is 300 g/mol. The number of carbonyl (C=O) groups excluding carboxylic acids is 1. The first-order valence-corrected chi connectivity index (χ1v) is 9.51. The van der Waals surface area contributed by atoms with Gasteiger partial charge in [-0.1, -0.05) is 24.6 Å². The van der Waals surface area contributed by atoms with E-state index >= 15 is 0 Å². The van der Waals surface area contributed by atoms with Crippen LogP contribution >= 0.6 is 0 Å². The van der Waals surface area contributed by atoms with E-state index in [2.05, 4.69) is 11.4 Å². The molecule has 1 aromatic carbocycles. The van der Waals surface area contributed by atoms with E-state index in [1.54, 1.807) is 7.11 Å². The first kappa shape index (κ1) is 17.3. The molecule has 0 bridgehead atoms. The van der Waals surface area contributed by atoms with Crippen LogP contribution < -0.4 is 15.0 Å². The topological polar surface area (TPSA) is 42.8 Å². The lowest BCUT2D eigenvalue weighted by Gasteiger charge is -2.40. The molecule has 3 rings (SSSR count). The number of fused-ring (bicyclic) bond motifs is 1. The van der Waals surface area contributed by atoms with Gasteiger partial charge >= 0.3 is 0 Å². The third kappa shape index (κ3) is 4.29. The van der Waals surface area contributed by atoms with Gasteiger partial charge in [-0.2, -0.15) is 0 Å². The SMILES string of the molecule is COc1ccccc1CCNC(=O)C[NH+]1CCC[C@H]2CCCC[C@@H]21. The van der Waals surface area contributed by atoms with Gasteiger partial charge in [0.25, 0.3) is 5.91 Å². The maximum Gasteiger partial charge on any atom is 0.275 e. The maximum atomic E-state index is 12.4. The van der Waals surface area contributed by atoms with Gasteiger partial charge in [0.2, 0.25) is 0 Å². The highest BCUT2D eigenvalue weighted by atomic mass is 16.5. The van der Waals surface area contributed by atoms with Crippen molar-refractivity contribution in [2.75, 3.05) is 26.7 Å². The molecule has 4 nitrogen and oxygen atoms in total. The second-order valence-electron chi connectivity index (χ2n) is 7.29. The number of likely N-dealkylation sites (tertiary alicyclic amines) is 1. The third-order valence-electron chi connectivity index (χ3n) is 5.80. The number of piperidine rings is 1. The number of para-hydroxylation sites is 1. The van der Waals surface area contributed by atoms with E-state index in [4.69, 9.17) is 4.74 Å². The van der Waals surface area contributed by atoms with E-state index in [0.717, 1.165) is 29.7 Å². The van der Waals surface area contributed by atoms with Crippen LogP contribution in [-0.4, -0.2) is 38.7 Å². The Morgan fingerprint density at radius 2 is 2.00 bits per heavy atom. The number of amides is 1. The minimum absolute atomic E-state index is 0.200. The van der Waals surface area contributed by atoms with Crippen molar-refractivity contribution < 1.29 is 14.4 Å². The van der Waals surface area contributed by atoms with E-state index in [1.165, 1.54) is 50.0 Å². The number of carbonyl (C=O) groups is 1. The van der Waals surface area contributed by atoms with Crippen LogP contribution in [0.1, 0.15) is 44.1 Å². The van der Waals surface area contributed by atoms with Gasteiger partial charge in [0, 0.05) is 12.5 Å². The standard InChI is InChI=1S/C20H30N2O2/c1-24-19-11-5-3-8-17(19)12-13-21-20(23)15-22-14-6-9-16-7-2-4-10-18(16)22/h3,5,8,11,16,18H,2,4,6-7,9-10,12-15H2,1H3,(H,21,23)/p+1/t16-,18+/m1/s1. The quantitative estimate of drug-likeness (QED) is 0.831. The van der Waals surface area contributed by atoms with Crippen molar-refractivity contribution in [2.24, 2.45) is 5.92 Å². The predicted octanol–water partition coefficient (Wildman–Crippen LogP) is 1.59. The number of nitrogens with one attached hydrogen (secondary N) is 2. The van der Waals surface area contributed by atoms with Gasteiger partial charge in [-0.05, 0) is 50.2 Å². The Kier molecular flexibility index (Phi) is 6.13. The molecule has 1 unspecified atom stereocenters. The molecule has 0 spiro atoms. The Hall–Kier alpha value is -1.55. The summed E-state index contributed by atoms with van der Waals surface area (Å²) in [5.74, 6) is 1.97. The zero-order chi connectivity index (χ0) is 16.8. The van der Waals surface area contributed by atoms with E-state index in [9.17, 15) is 4.79 Å². The molecule has 3 atom stereocenters. The monoisotopic (exact) mass is 331 g/mol. The largest absolute Gasteiger partial charge is 0.496 e. The molecule has 1 heterocycles. The van der Waals surface area contributed by atoms with Gasteiger partial charge in [-0.3, -0.25) is 4.79 Å². The summed E-state index contributed by atoms with van der Waals surface area (Å²) in [4.78, 5) is 13.9. The van der Waals surface area contributed by atoms with Crippen molar-refractivity contribution in [3.05, 3.63) is 29.8 Å². The summed E-state index contributed by atoms with van der Waals surface area (Å²) in [6.45, 7) is 2.49. The molecule has 132 valence electrons. The number of quaternary nitrogens is 1. The molecule has 24 heavy (non-hydrogen) atoms. The summed E-state index contributed by atoms with van der Waals surface area (Å²) < 4.78 is 5.37. The molecule has 0 radical (unpaired) electrons. The number of hydrogen-bond acceptors (Lipinski definition) is 2. The van der Waals surface area contributed by atoms with Gasteiger partial charge in [0.05, 0.1) is 19.7 Å². The van der Waals surface area contributed by atoms with Crippen LogP contribution in [0.3, 0.4) is 0 Å². The molecule has 1 aliphatic carbocycles. The molecule has 1 amide bonds. The Morgan fingerprint density at radius 1 is 1.21 bits per heavy atom. The van der Waals surface area contributed by atoms with Crippen LogP contribution in [0, 0.1) is 5.92 Å². The minimum atomic E-state index is 0.200. The average Bonchev–Trinajstić information content (AvgIpc) is 2.62. The lowest BCUT2D eigenvalue weighted by molar-refractivity contribution is -0.928. The lowest BCUT2D eigenvalue weighted by Crippen LogP contribution is -3.18. The Labute approximate surface area is 145 Å². The fraction of sp³-hybridized carbons (Fsp3) is 0.650. The van der Waals surface area contributed by atoms with Crippen LogP contribution in [0.25, 0.3) is 0 Å². The van der Waals surface area contributed by atoms with Crippen molar-refractivity contribution >= 4 is 5.91 Å². The van der Waals surface area contributed by atoms with Crippen LogP contribution in [0.4, 0.5) is 0 Å². The van der Waals surface area contributed by atoms with Crippen molar-refractivity contribution in [3.63, 3.8) is 0 Å². The maximum absolute atomic E-state index is 12.4. The van der Waals surface area contributed by atoms with E-state index < -0.39 is 0 Å². The molecule has 1 saturated carbocycles. The molecule has 0 aromatic heterocycles. The van der Waals surface area contributed by atoms with Gasteiger partial charge in [-0.25, -0.2) is 0 Å². The van der Waals surface area contributed by atoms with Gasteiger partial charge in [0.1, 0.15) is 5.75 Å². The molecule has 1 aliphatic heterocycles. The molecule has 2 aliphatic rings. The third-order valence-corrected chi connectivity index (χ3v) is 5.80. The van der Waals surface area contributed by atoms with Crippen LogP contribution in [0.5, 0.6) is 5.75 Å². The van der Waals surface area contributed by atoms with Crippen LogP contribution in [-0.2, 0) is 11.2 Å². The summed E-state index contributed by atoms with van der Waals surface area (Å²) in [5, 5.41) is 3.11. The molecule has 4 heteroatoms. The summed E-state index contributed by atoms with van der Waals surface area (Å²) in [6.07, 6.45) is 8.91. The summed E-state index contributed by atoms with van der Waals surface area (Å²) >= 11 is 0. The fourth-order valence-electron chi connectivity index (χ4n) is 4.60. The molecule has 2 N–H and O–H groups in total. The Bertz CT molecular complexity index is 544. The molecule has 1 aromatic rings. The highest BCUT2D eigenvalue weighted by Crippen LogP contribution is 2.28. The van der Waals surface area contributed by atoms with Gasteiger partial charge in [-0.15, -0.1) is 0 Å². The second kappa shape index (κ2) is 8.52. The van der Waals surface area contributed by atoms with Crippen LogP contribution in [0.2, 0.25) is 0 Å². The normalized spacial score (nSPS) is 26.5. The second-order valence-corrected chi connectivity index (χ2v) is 7.29. The highest BCUT2D eigenvalue weighted by Gasteiger charge is 2.37. The predicted molar refractivity (Wildman–Crippen MR) is 95.4 cm³/mol. The van der Waals surface area contributed by atoms with Crippen LogP contribution in [0.15, 0.2) is 24.3 Å². The fourth-order valence-corrected chi connectivity index (χ4v) is 4.60. The van der Waals surface area contributed by atoms with E-state index in [1.807, 2.05) is 18.2 Å². The zero-order valence-electron chi connectivity index (χ0n) is 14.9. The Balaban J connectivity index is 1.45. The van der Waals surface area contributed by atoms with Crippen molar-refractivity contribution in [2.45, 2.75) is 51.0 Å². The van der Waals surface area contributed by atoms with Crippen molar-refractivity contribution in [1.29, 1.82) is 0 Å². The number of benzene rings is 1. The summed E-state index contributed by atoms with van der Waals surface area (Å²) in [6, 6.07) is 8.75. The van der Waals surface area contributed by atoms with Crippen molar-refractivity contribution in [1.82, 2.24) is 5.32 Å². The number of ether oxygens (including phenoxy) is 1. The van der Waals surface area contributed by atoms with Gasteiger partial charge < -0.3 is 15.0 Å². The zero-order valence-corrected chi connectivity index (χ0v) is 14.9. The molecular formula is C20H31N2O2+.